The predicted octanol–water partition coefficient (Wildman–Crippen LogP) is 3.65. The fraction of sp³-hybridized carbons (Fsp3) is 0.580. The van der Waals surface area contributed by atoms with E-state index in [0.29, 0.717) is 31.8 Å². The summed E-state index contributed by atoms with van der Waals surface area (Å²) in [6.45, 7) is 17.2. The average molecular weight is 964 g/mol. The number of phenols is 2. The Hall–Kier alpha value is -5.89. The van der Waals surface area contributed by atoms with Gasteiger partial charge in [0.1, 0.15) is 46.9 Å². The molecule has 2 aromatic carbocycles. The molecule has 69 heavy (non-hydrogen) atoms. The number of aliphatic hydroxyl groups excluding tert-OH is 2. The Bertz CT molecular complexity index is 2590. The van der Waals surface area contributed by atoms with Crippen LogP contribution in [-0.4, -0.2) is 131 Å². The minimum Gasteiger partial charge on any atom is -0.507 e. The number of likely N-dealkylation sites (tertiary alicyclic amines) is 1. The van der Waals surface area contributed by atoms with Crippen molar-refractivity contribution in [2.75, 3.05) is 45.7 Å². The molecule has 0 unspecified atom stereocenters. The van der Waals surface area contributed by atoms with Gasteiger partial charge in [-0.2, -0.15) is 0 Å². The Morgan fingerprint density at radius 2 is 1.64 bits per heavy atom. The molecule has 378 valence electrons. The second-order valence-corrected chi connectivity index (χ2v) is 19.4. The molecule has 6 N–H and O–H groups in total. The summed E-state index contributed by atoms with van der Waals surface area (Å²) in [4.78, 5) is 78.2. The van der Waals surface area contributed by atoms with Crippen LogP contribution >= 0.6 is 0 Å². The van der Waals surface area contributed by atoms with Crippen LogP contribution in [0.2, 0.25) is 0 Å². The molecule has 1 saturated heterocycles. The Labute approximate surface area is 402 Å². The lowest BCUT2D eigenvalue weighted by molar-refractivity contribution is -0.164. The van der Waals surface area contributed by atoms with Crippen LogP contribution in [0.4, 0.5) is 5.69 Å². The number of Topliss-reactive ketones (excluding diaryl/α,β-unsaturated/α-hetero) is 1. The van der Waals surface area contributed by atoms with Gasteiger partial charge < -0.3 is 59.6 Å². The Balaban J connectivity index is 0.00000913. The van der Waals surface area contributed by atoms with E-state index in [0.717, 1.165) is 13.7 Å². The summed E-state index contributed by atoms with van der Waals surface area (Å²) in [5.41, 5.74) is -0.342. The number of allylic oxidation sites excluding steroid dienone is 2. The summed E-state index contributed by atoms with van der Waals surface area (Å²) < 4.78 is 28.7. The highest BCUT2D eigenvalue weighted by molar-refractivity contribution is 6.21. The lowest BCUT2D eigenvalue weighted by Gasteiger charge is -2.38. The second-order valence-electron chi connectivity index (χ2n) is 19.4. The van der Waals surface area contributed by atoms with Gasteiger partial charge >= 0.3 is 17.7 Å². The smallest absolute Gasteiger partial charge is 0.325 e. The standard InChI is InChI=1S/C50H67N5O14.H2/c1-24(2)23-55-18-16-50(17-19-55)53-38-35-36-43(61)30(8)46-37(35)47(63)49(9,69-46)67-20-15-31(65-10)27(5)45(68-33(57)21-32(56)51-22-34(58)66-11)29(7)42(60)28(6)41(59)25(3)13-12-14-26(4)48(64)52-40(44(36)62)39(38)54-50;/h12-15,20,24-25,27-29,31,41-42,45,53,59-62H,16-19,21-23H2,1-11H3,(H,51,56);1H/b13-12+,20-15+,26-14-,52-40?;/t25-,27+,28+,29+,31-,41-,42+,45+,49-;/m0./s1. The first kappa shape index (κ1) is 52.5. The van der Waals surface area contributed by atoms with E-state index in [-0.39, 0.29) is 51.1 Å². The van der Waals surface area contributed by atoms with Crippen molar-refractivity contribution in [3.8, 4) is 17.2 Å². The highest BCUT2D eigenvalue weighted by Crippen LogP contribution is 2.51. The maximum absolute atomic E-state index is 14.9. The minimum atomic E-state index is -2.04. The zero-order valence-corrected chi connectivity index (χ0v) is 41.2. The summed E-state index contributed by atoms with van der Waals surface area (Å²) in [7, 11) is 2.54. The van der Waals surface area contributed by atoms with Crippen LogP contribution in [0.3, 0.4) is 0 Å². The number of hydrogen-bond acceptors (Lipinski definition) is 17. The number of benzene rings is 2. The number of anilines is 1. The molecular weight excluding hydrogens is 895 g/mol. The maximum Gasteiger partial charge on any atom is 0.325 e. The number of nitrogens with zero attached hydrogens (tertiary/aromatic N) is 3. The van der Waals surface area contributed by atoms with Crippen molar-refractivity contribution in [3.63, 3.8) is 0 Å². The second kappa shape index (κ2) is 21.0. The van der Waals surface area contributed by atoms with E-state index in [9.17, 15) is 44.4 Å². The number of carbonyl (C=O) groups is 5. The van der Waals surface area contributed by atoms with E-state index in [1.165, 1.54) is 46.3 Å². The van der Waals surface area contributed by atoms with Crippen LogP contribution in [0.1, 0.15) is 92.0 Å². The number of aliphatic hydroxyl groups is 2. The quantitative estimate of drug-likeness (QED) is 0.125. The highest BCUT2D eigenvalue weighted by atomic mass is 16.7. The molecule has 1 spiro atoms. The average Bonchev–Trinajstić information content (AvgIpc) is 3.81. The first-order valence-corrected chi connectivity index (χ1v) is 23.4. The van der Waals surface area contributed by atoms with E-state index >= 15 is 0 Å². The lowest BCUT2D eigenvalue weighted by atomic mass is 9.78. The molecule has 19 nitrogen and oxygen atoms in total. The molecule has 5 heterocycles. The summed E-state index contributed by atoms with van der Waals surface area (Å²) in [6.07, 6.45) is 3.18. The topological polar surface area (TPSA) is 264 Å². The molecule has 5 bridgehead atoms. The van der Waals surface area contributed by atoms with Crippen molar-refractivity contribution < 1.29 is 69.5 Å². The molecule has 2 aromatic rings. The number of ether oxygens (including phenoxy) is 5. The normalized spacial score (nSPS) is 30.0. The van der Waals surface area contributed by atoms with Crippen molar-refractivity contribution in [1.29, 1.82) is 0 Å². The van der Waals surface area contributed by atoms with Gasteiger partial charge in [-0.3, -0.25) is 29.0 Å². The van der Waals surface area contributed by atoms with Gasteiger partial charge in [-0.05, 0) is 25.8 Å². The monoisotopic (exact) mass is 963 g/mol. The predicted molar refractivity (Wildman–Crippen MR) is 254 cm³/mol. The van der Waals surface area contributed by atoms with Gasteiger partial charge in [-0.1, -0.05) is 59.8 Å². The number of nitrogens with one attached hydrogen (secondary N) is 2. The third-order valence-electron chi connectivity index (χ3n) is 13.8. The van der Waals surface area contributed by atoms with Crippen molar-refractivity contribution in [3.05, 3.63) is 58.0 Å². The number of phenolic OH excluding ortho intramolecular Hbond substituents is 2. The molecule has 7 rings (SSSR count). The summed E-state index contributed by atoms with van der Waals surface area (Å²) in [5.74, 6) is -9.54. The van der Waals surface area contributed by atoms with Crippen molar-refractivity contribution in [1.82, 2.24) is 10.2 Å². The molecular formula is C50H69N5O14. The molecule has 5 aliphatic heterocycles. The van der Waals surface area contributed by atoms with Gasteiger partial charge in [0.05, 0.1) is 48.3 Å². The fourth-order valence-corrected chi connectivity index (χ4v) is 9.68. The number of rotatable bonds is 8. The molecule has 0 radical (unpaired) electrons. The minimum absolute atomic E-state index is 0. The molecule has 9 atom stereocenters. The summed E-state index contributed by atoms with van der Waals surface area (Å²) in [6, 6.07) is 0. The first-order valence-electron chi connectivity index (χ1n) is 23.4. The van der Waals surface area contributed by atoms with Crippen molar-refractivity contribution >= 4 is 46.0 Å². The van der Waals surface area contributed by atoms with Crippen LogP contribution < -0.4 is 26.1 Å². The van der Waals surface area contributed by atoms with Crippen LogP contribution in [0, 0.1) is 36.5 Å². The van der Waals surface area contributed by atoms with Crippen LogP contribution in [0.5, 0.6) is 17.2 Å². The number of aromatic hydroxyl groups is 2. The van der Waals surface area contributed by atoms with Gasteiger partial charge in [0.2, 0.25) is 5.91 Å². The Kier molecular flexibility index (Phi) is 16.0. The van der Waals surface area contributed by atoms with Gasteiger partial charge in [0, 0.05) is 88.1 Å². The van der Waals surface area contributed by atoms with Gasteiger partial charge in [-0.25, -0.2) is 4.99 Å². The number of piperidine rings is 1. The summed E-state index contributed by atoms with van der Waals surface area (Å²) >= 11 is 0. The number of carbonyl (C=O) groups excluding carboxylic acids is 5. The van der Waals surface area contributed by atoms with Gasteiger partial charge in [0.15, 0.2) is 5.75 Å². The number of methoxy groups -OCH3 is 2. The van der Waals surface area contributed by atoms with E-state index in [2.05, 4.69) is 39.1 Å². The first-order chi connectivity index (χ1) is 32.5. The number of fused-ring (bicyclic) bond motifs is 13. The molecule has 19 heteroatoms. The van der Waals surface area contributed by atoms with Gasteiger partial charge in [0.25, 0.3) is 11.7 Å². The lowest BCUT2D eigenvalue weighted by Crippen LogP contribution is -2.47. The largest absolute Gasteiger partial charge is 0.507 e. The molecule has 5 aliphatic rings. The van der Waals surface area contributed by atoms with E-state index < -0.39 is 114 Å². The summed E-state index contributed by atoms with van der Waals surface area (Å²) in [5, 5.41) is 53.2. The van der Waals surface area contributed by atoms with Crippen LogP contribution in [-0.2, 0) is 38.1 Å². The SMILES string of the molecule is COC(=O)CNC(=O)CC(=O)O[C@H]1[C@H](C)[C@H](O)[C@H](C)[C@@H](O)[C@@H](C)/C=C/C=C(/C)C(=O)N=c2c(O)c3c(O)c(C)c4c(c3c3c2=NC2(CCN(CC(C)C)CC2)N3)C(=O)[C@@](C)(O/C=C/[C@H](OC)[C@H]1C)O4.[HH]. The van der Waals surface area contributed by atoms with Gasteiger partial charge in [-0.15, -0.1) is 0 Å². The zero-order valence-electron chi connectivity index (χ0n) is 41.2. The third kappa shape index (κ3) is 10.7. The number of ketones is 1. The fourth-order valence-electron chi connectivity index (χ4n) is 9.68. The number of amides is 2. The molecule has 0 aliphatic carbocycles. The zero-order chi connectivity index (χ0) is 50.9. The molecule has 0 saturated carbocycles. The Morgan fingerprint density at radius 1 is 0.957 bits per heavy atom. The highest BCUT2D eigenvalue weighted by Gasteiger charge is 2.51. The van der Waals surface area contributed by atoms with Crippen molar-refractivity contribution in [2.45, 2.75) is 117 Å². The number of hydrogen-bond donors (Lipinski definition) is 6. The maximum atomic E-state index is 14.9. The van der Waals surface area contributed by atoms with E-state index in [4.69, 9.17) is 23.9 Å². The third-order valence-corrected chi connectivity index (χ3v) is 13.8. The molecule has 1 fully saturated rings. The van der Waals surface area contributed by atoms with E-state index in [1.807, 2.05) is 0 Å². The van der Waals surface area contributed by atoms with Crippen molar-refractivity contribution in [2.24, 2.45) is 39.6 Å². The van der Waals surface area contributed by atoms with Crippen LogP contribution in [0.15, 0.2) is 46.1 Å². The number of esters is 2. The van der Waals surface area contributed by atoms with Crippen LogP contribution in [0.25, 0.3) is 10.8 Å². The molecule has 2 amide bonds. The van der Waals surface area contributed by atoms with E-state index in [1.54, 1.807) is 39.8 Å². The molecule has 0 aromatic heterocycles. The Morgan fingerprint density at radius 3 is 2.28 bits per heavy atom.